The van der Waals surface area contributed by atoms with Crippen molar-refractivity contribution in [2.75, 3.05) is 52.3 Å². The van der Waals surface area contributed by atoms with E-state index >= 15 is 0 Å². The second-order valence-electron chi connectivity index (χ2n) is 11.7. The highest BCUT2D eigenvalue weighted by Crippen LogP contribution is 2.43. The number of halogens is 4. The Bertz CT molecular complexity index is 1290. The number of rotatable bonds is 7. The van der Waals surface area contributed by atoms with Crippen LogP contribution in [0.25, 0.3) is 0 Å². The van der Waals surface area contributed by atoms with Crippen molar-refractivity contribution in [3.05, 3.63) is 58.1 Å². The summed E-state index contributed by atoms with van der Waals surface area (Å²) in [5, 5.41) is 11.3. The second-order valence-corrected chi connectivity index (χ2v) is 12.1. The van der Waals surface area contributed by atoms with E-state index in [0.29, 0.717) is 40.8 Å². The van der Waals surface area contributed by atoms with Crippen LogP contribution in [0.5, 0.6) is 5.75 Å². The Kier molecular flexibility index (Phi) is 9.67. The molecule has 2 aromatic rings. The summed E-state index contributed by atoms with van der Waals surface area (Å²) in [6.07, 6.45) is -1.12. The van der Waals surface area contributed by atoms with Crippen LogP contribution in [-0.2, 0) is 10.4 Å². The smallest absolute Gasteiger partial charge is 0.430 e. The fourth-order valence-corrected chi connectivity index (χ4v) is 6.35. The number of piperidine rings is 2. The molecule has 0 aromatic heterocycles. The molecular weight excluding hydrogens is 571 g/mol. The molecule has 0 bridgehead atoms. The third kappa shape index (κ3) is 6.64. The molecule has 2 aliphatic rings. The quantitative estimate of drug-likeness (QED) is 0.439. The molecule has 4 rings (SSSR count). The summed E-state index contributed by atoms with van der Waals surface area (Å²) < 4.78 is 47.8. The lowest BCUT2D eigenvalue weighted by atomic mass is 9.82. The molecule has 2 amide bonds. The van der Waals surface area contributed by atoms with Gasteiger partial charge in [-0.25, -0.2) is 0 Å². The lowest BCUT2D eigenvalue weighted by molar-refractivity contribution is -0.262. The molecular formula is C31H39ClF3N3O4. The maximum absolute atomic E-state index is 14.2. The van der Waals surface area contributed by atoms with Gasteiger partial charge in [-0.15, -0.1) is 0 Å². The molecule has 1 atom stereocenters. The molecule has 2 heterocycles. The van der Waals surface area contributed by atoms with Gasteiger partial charge in [0.25, 0.3) is 17.4 Å². The van der Waals surface area contributed by atoms with Gasteiger partial charge in [0.05, 0.1) is 17.7 Å². The number of aliphatic hydroxyl groups is 1. The van der Waals surface area contributed by atoms with Crippen molar-refractivity contribution in [1.29, 1.82) is 0 Å². The van der Waals surface area contributed by atoms with Crippen LogP contribution in [0.3, 0.4) is 0 Å². The average molecular weight is 610 g/mol. The normalized spacial score (nSPS) is 18.5. The van der Waals surface area contributed by atoms with Gasteiger partial charge in [-0.3, -0.25) is 9.59 Å². The van der Waals surface area contributed by atoms with Crippen molar-refractivity contribution in [3.8, 4) is 5.75 Å². The molecule has 0 spiro atoms. The third-order valence-corrected chi connectivity index (χ3v) is 8.87. The Labute approximate surface area is 250 Å². The van der Waals surface area contributed by atoms with E-state index in [0.717, 1.165) is 49.0 Å². The number of hydrogen-bond donors (Lipinski definition) is 1. The zero-order valence-electron chi connectivity index (χ0n) is 24.5. The van der Waals surface area contributed by atoms with Crippen LogP contribution in [0, 0.1) is 18.8 Å². The minimum atomic E-state index is -5.19. The van der Waals surface area contributed by atoms with Gasteiger partial charge in [0, 0.05) is 51.5 Å². The van der Waals surface area contributed by atoms with Crippen LogP contribution in [0.1, 0.15) is 53.6 Å². The summed E-state index contributed by atoms with van der Waals surface area (Å²) in [7, 11) is 4.69. The largest absolute Gasteiger partial charge is 0.497 e. The maximum atomic E-state index is 14.2. The number of anilines is 1. The van der Waals surface area contributed by atoms with Gasteiger partial charge >= 0.3 is 6.18 Å². The van der Waals surface area contributed by atoms with Crippen molar-refractivity contribution in [1.82, 2.24) is 9.80 Å². The van der Waals surface area contributed by atoms with E-state index in [-0.39, 0.29) is 24.7 Å². The number of carbonyl (C=O) groups excluding carboxylic acids is 2. The Hall–Kier alpha value is -2.98. The Morgan fingerprint density at radius 2 is 1.60 bits per heavy atom. The van der Waals surface area contributed by atoms with Crippen molar-refractivity contribution in [3.63, 3.8) is 0 Å². The van der Waals surface area contributed by atoms with Crippen molar-refractivity contribution in [2.24, 2.45) is 11.8 Å². The number of carbonyl (C=O) groups is 2. The number of aryl methyl sites for hydroxylation is 1. The van der Waals surface area contributed by atoms with Gasteiger partial charge < -0.3 is 24.5 Å². The Morgan fingerprint density at radius 3 is 2.12 bits per heavy atom. The fourth-order valence-electron chi connectivity index (χ4n) is 6.10. The van der Waals surface area contributed by atoms with Gasteiger partial charge in [-0.05, 0) is 86.8 Å². The van der Waals surface area contributed by atoms with Gasteiger partial charge in [0.1, 0.15) is 5.75 Å². The first kappa shape index (κ1) is 31.9. The molecule has 0 radical (unpaired) electrons. The maximum Gasteiger partial charge on any atom is 0.430 e. The van der Waals surface area contributed by atoms with Crippen LogP contribution in [-0.4, -0.2) is 80.3 Å². The number of ether oxygens (including phenoxy) is 1. The molecule has 1 unspecified atom stereocenters. The van der Waals surface area contributed by atoms with E-state index in [1.807, 2.05) is 12.1 Å². The third-order valence-electron chi connectivity index (χ3n) is 8.56. The van der Waals surface area contributed by atoms with Gasteiger partial charge in [-0.2, -0.15) is 13.2 Å². The minimum absolute atomic E-state index is 0.142. The number of likely N-dealkylation sites (tertiary alicyclic amines) is 1. The molecule has 0 aliphatic carbocycles. The first-order valence-corrected chi connectivity index (χ1v) is 14.6. The van der Waals surface area contributed by atoms with E-state index < -0.39 is 23.2 Å². The molecule has 2 saturated heterocycles. The van der Waals surface area contributed by atoms with Crippen LogP contribution in [0.2, 0.25) is 5.02 Å². The Balaban J connectivity index is 1.33. The molecule has 0 saturated carbocycles. The molecule has 11 heteroatoms. The summed E-state index contributed by atoms with van der Waals surface area (Å²) in [4.78, 5) is 30.4. The van der Waals surface area contributed by atoms with E-state index in [1.165, 1.54) is 18.1 Å². The van der Waals surface area contributed by atoms with E-state index in [2.05, 4.69) is 4.90 Å². The van der Waals surface area contributed by atoms with Crippen LogP contribution in [0.4, 0.5) is 18.9 Å². The minimum Gasteiger partial charge on any atom is -0.497 e. The highest BCUT2D eigenvalue weighted by Gasteiger charge is 2.62. The van der Waals surface area contributed by atoms with E-state index in [4.69, 9.17) is 16.3 Å². The van der Waals surface area contributed by atoms with Crippen molar-refractivity contribution in [2.45, 2.75) is 50.8 Å². The highest BCUT2D eigenvalue weighted by atomic mass is 35.5. The molecule has 1 N–H and O–H groups in total. The summed E-state index contributed by atoms with van der Waals surface area (Å²) in [6.45, 7) is 3.61. The number of nitrogens with zero attached hydrogens (tertiary/aromatic N) is 3. The summed E-state index contributed by atoms with van der Waals surface area (Å²) in [6, 6.07) is 9.31. The van der Waals surface area contributed by atoms with Crippen LogP contribution < -0.4 is 9.64 Å². The van der Waals surface area contributed by atoms with Gasteiger partial charge in [0.15, 0.2) is 0 Å². The number of hydrogen-bond acceptors (Lipinski definition) is 5. The molecule has 230 valence electrons. The topological polar surface area (TPSA) is 73.3 Å². The van der Waals surface area contributed by atoms with Crippen LogP contribution in [0.15, 0.2) is 36.4 Å². The average Bonchev–Trinajstić information content (AvgIpc) is 2.95. The molecule has 7 nitrogen and oxygen atoms in total. The van der Waals surface area contributed by atoms with Crippen LogP contribution >= 0.6 is 11.6 Å². The molecule has 42 heavy (non-hydrogen) atoms. The van der Waals surface area contributed by atoms with Crippen molar-refractivity contribution < 1.29 is 32.6 Å². The van der Waals surface area contributed by atoms with E-state index in [9.17, 15) is 27.9 Å². The number of methoxy groups -OCH3 is 1. The molecule has 2 aliphatic heterocycles. The Morgan fingerprint density at radius 1 is 1.00 bits per heavy atom. The molecule has 2 fully saturated rings. The second kappa shape index (κ2) is 12.7. The first-order valence-electron chi connectivity index (χ1n) is 14.2. The summed E-state index contributed by atoms with van der Waals surface area (Å²) in [5.74, 6) is -0.563. The van der Waals surface area contributed by atoms with Gasteiger partial charge in [-0.1, -0.05) is 17.7 Å². The zero-order valence-corrected chi connectivity index (χ0v) is 25.3. The monoisotopic (exact) mass is 609 g/mol. The molecule has 2 aromatic carbocycles. The predicted octanol–water partition coefficient (Wildman–Crippen LogP) is 5.65. The number of amides is 2. The van der Waals surface area contributed by atoms with E-state index in [1.54, 1.807) is 33.2 Å². The fraction of sp³-hybridized carbons (Fsp3) is 0.548. The number of benzene rings is 2. The highest BCUT2D eigenvalue weighted by molar-refractivity contribution is 6.34. The number of alkyl halides is 3. The lowest BCUT2D eigenvalue weighted by Gasteiger charge is -2.40. The SMILES string of the molecule is COc1cc(C)cc(C(O)(C(=O)N2CCC(CC3CCN(c4ccc(C(=O)N(C)C)c(Cl)c4)CC3)CC2)C(F)(F)F)c1. The predicted molar refractivity (Wildman–Crippen MR) is 156 cm³/mol. The zero-order chi connectivity index (χ0) is 30.8. The summed E-state index contributed by atoms with van der Waals surface area (Å²) in [5.41, 5.74) is -2.29. The van der Waals surface area contributed by atoms with Gasteiger partial charge in [0.2, 0.25) is 0 Å². The lowest BCUT2D eigenvalue weighted by Crippen LogP contribution is -2.57. The summed E-state index contributed by atoms with van der Waals surface area (Å²) >= 11 is 6.40. The van der Waals surface area contributed by atoms with Crippen molar-refractivity contribution >= 4 is 29.1 Å². The first-order chi connectivity index (χ1) is 19.7. The standard InChI is InChI=1S/C31H39ClF3N3O4/c1-20-15-23(18-25(16-20)42-4)30(41,31(33,34)35)29(40)38-13-9-22(10-14-38)17-21-7-11-37(12-8-21)24-5-6-26(27(32)19-24)28(39)36(2)3/h5-6,15-16,18-19,21-22,41H,7-14,17H2,1-4H3.